The Morgan fingerprint density at radius 2 is 2.00 bits per heavy atom. The predicted octanol–water partition coefficient (Wildman–Crippen LogP) is 3.83. The van der Waals surface area contributed by atoms with Crippen LogP contribution in [0.15, 0.2) is 42.6 Å². The van der Waals surface area contributed by atoms with E-state index in [4.69, 9.17) is 9.47 Å². The molecule has 0 bridgehead atoms. The van der Waals surface area contributed by atoms with Gasteiger partial charge in [0.25, 0.3) is 5.91 Å². The minimum atomic E-state index is -0.130. The van der Waals surface area contributed by atoms with Gasteiger partial charge in [-0.3, -0.25) is 19.5 Å². The molecule has 1 fully saturated rings. The van der Waals surface area contributed by atoms with Crippen LogP contribution in [0.2, 0.25) is 0 Å². The fraction of sp³-hybridized carbons (Fsp3) is 0.536. The number of hydrogen-bond donors (Lipinski definition) is 1. The van der Waals surface area contributed by atoms with Gasteiger partial charge in [0, 0.05) is 63.7 Å². The molecule has 3 atom stereocenters. The fourth-order valence-electron chi connectivity index (χ4n) is 4.76. The predicted molar refractivity (Wildman–Crippen MR) is 139 cm³/mol. The van der Waals surface area contributed by atoms with E-state index in [0.29, 0.717) is 36.7 Å². The molecule has 1 N–H and O–H groups in total. The Labute approximate surface area is 214 Å². The summed E-state index contributed by atoms with van der Waals surface area (Å²) in [6, 6.07) is 11.3. The summed E-state index contributed by atoms with van der Waals surface area (Å²) in [7, 11) is 3.49. The molecule has 1 aromatic heterocycles. The van der Waals surface area contributed by atoms with E-state index in [9.17, 15) is 9.59 Å². The minimum Gasteiger partial charge on any atom is -0.491 e. The van der Waals surface area contributed by atoms with E-state index in [0.717, 1.165) is 31.5 Å². The van der Waals surface area contributed by atoms with Gasteiger partial charge in [-0.05, 0) is 49.9 Å². The number of hydrogen-bond acceptors (Lipinski definition) is 6. The van der Waals surface area contributed by atoms with Gasteiger partial charge in [-0.25, -0.2) is 0 Å². The molecule has 2 aromatic rings. The van der Waals surface area contributed by atoms with Gasteiger partial charge in [0.2, 0.25) is 5.91 Å². The van der Waals surface area contributed by atoms with Crippen molar-refractivity contribution in [2.45, 2.75) is 51.8 Å². The van der Waals surface area contributed by atoms with Gasteiger partial charge in [-0.1, -0.05) is 19.4 Å². The number of benzene rings is 1. The number of nitrogens with one attached hydrogen (secondary N) is 1. The van der Waals surface area contributed by atoms with Crippen LogP contribution in [0.1, 0.15) is 49.2 Å². The second-order valence-electron chi connectivity index (χ2n) is 10.2. The molecule has 2 heterocycles. The highest BCUT2D eigenvalue weighted by Crippen LogP contribution is 2.30. The molecule has 1 aliphatic heterocycles. The number of likely N-dealkylation sites (N-methyl/N-ethyl adjacent to an activating group) is 1. The average molecular weight is 495 g/mol. The van der Waals surface area contributed by atoms with Crippen LogP contribution in [0.25, 0.3) is 0 Å². The Hall–Kier alpha value is -2.97. The first-order valence-electron chi connectivity index (χ1n) is 12.9. The van der Waals surface area contributed by atoms with Crippen molar-refractivity contribution in [2.24, 2.45) is 11.8 Å². The van der Waals surface area contributed by atoms with E-state index < -0.39 is 0 Å². The highest BCUT2D eigenvalue weighted by atomic mass is 16.5. The van der Waals surface area contributed by atoms with Crippen LogP contribution in [-0.2, 0) is 16.1 Å². The van der Waals surface area contributed by atoms with E-state index in [1.807, 2.05) is 24.4 Å². The first-order chi connectivity index (χ1) is 17.4. The Bertz CT molecular complexity index is 1040. The van der Waals surface area contributed by atoms with E-state index in [2.05, 4.69) is 29.0 Å². The molecule has 4 rings (SSSR count). The standard InChI is InChI=1S/C28H38N4O4/c1-19-15-32(16-23-10-5-6-13-29-23)20(2)18-36-25-14-22(30-27(33)21-8-7-9-21)11-12-24(25)28(34)31(3)17-26(19)35-4/h5-6,10-14,19-21,26H,7-9,15-18H2,1-4H3,(H,30,33)/t19-,20+,26-/m0/s1. The number of fused-ring (bicyclic) bond motifs is 1. The third kappa shape index (κ3) is 6.23. The van der Waals surface area contributed by atoms with Crippen LogP contribution in [-0.4, -0.2) is 72.6 Å². The summed E-state index contributed by atoms with van der Waals surface area (Å²) in [6.45, 7) is 6.59. The number of carbonyl (C=O) groups excluding carboxylic acids is 2. The normalized spacial score (nSPS) is 24.1. The molecular weight excluding hydrogens is 456 g/mol. The van der Waals surface area contributed by atoms with Crippen molar-refractivity contribution in [2.75, 3.05) is 39.2 Å². The summed E-state index contributed by atoms with van der Waals surface area (Å²) in [5.74, 6) is 0.636. The maximum atomic E-state index is 13.4. The van der Waals surface area contributed by atoms with E-state index in [-0.39, 0.29) is 35.8 Å². The van der Waals surface area contributed by atoms with Crippen molar-refractivity contribution >= 4 is 17.5 Å². The average Bonchev–Trinajstić information content (AvgIpc) is 2.83. The first-order valence-corrected chi connectivity index (χ1v) is 12.9. The minimum absolute atomic E-state index is 0.0321. The third-order valence-electron chi connectivity index (χ3n) is 7.41. The van der Waals surface area contributed by atoms with Crippen molar-refractivity contribution < 1.29 is 19.1 Å². The monoisotopic (exact) mass is 494 g/mol. The number of aromatic nitrogens is 1. The van der Waals surface area contributed by atoms with E-state index in [1.54, 1.807) is 37.3 Å². The summed E-state index contributed by atoms with van der Waals surface area (Å²) in [4.78, 5) is 34.4. The molecule has 194 valence electrons. The summed E-state index contributed by atoms with van der Waals surface area (Å²) in [6.07, 6.45) is 4.64. The smallest absolute Gasteiger partial charge is 0.257 e. The van der Waals surface area contributed by atoms with E-state index >= 15 is 0 Å². The van der Waals surface area contributed by atoms with Crippen LogP contribution in [0.5, 0.6) is 5.75 Å². The Morgan fingerprint density at radius 3 is 2.67 bits per heavy atom. The molecule has 0 spiro atoms. The second kappa shape index (κ2) is 11.8. The lowest BCUT2D eigenvalue weighted by Gasteiger charge is -2.36. The Morgan fingerprint density at radius 1 is 1.19 bits per heavy atom. The molecule has 8 nitrogen and oxygen atoms in total. The Balaban J connectivity index is 1.61. The van der Waals surface area contributed by atoms with E-state index in [1.165, 1.54) is 0 Å². The molecule has 2 amide bonds. The maximum absolute atomic E-state index is 13.4. The zero-order chi connectivity index (χ0) is 25.7. The van der Waals surface area contributed by atoms with Gasteiger partial charge in [-0.15, -0.1) is 0 Å². The number of amides is 2. The molecule has 0 radical (unpaired) electrons. The van der Waals surface area contributed by atoms with Gasteiger partial charge < -0.3 is 19.7 Å². The van der Waals surface area contributed by atoms with Crippen LogP contribution in [0.3, 0.4) is 0 Å². The number of ether oxygens (including phenoxy) is 2. The van der Waals surface area contributed by atoms with Crippen molar-refractivity contribution in [3.63, 3.8) is 0 Å². The maximum Gasteiger partial charge on any atom is 0.257 e. The zero-order valence-corrected chi connectivity index (χ0v) is 21.8. The largest absolute Gasteiger partial charge is 0.491 e. The van der Waals surface area contributed by atoms with Gasteiger partial charge in [0.05, 0.1) is 17.4 Å². The van der Waals surface area contributed by atoms with Crippen molar-refractivity contribution in [1.29, 1.82) is 0 Å². The lowest BCUT2D eigenvalue weighted by molar-refractivity contribution is -0.122. The zero-order valence-electron chi connectivity index (χ0n) is 21.8. The summed E-state index contributed by atoms with van der Waals surface area (Å²) in [5, 5.41) is 3.00. The lowest BCUT2D eigenvalue weighted by Crippen LogP contribution is -2.46. The Kier molecular flexibility index (Phi) is 8.59. The number of rotatable bonds is 5. The number of methoxy groups -OCH3 is 1. The van der Waals surface area contributed by atoms with Gasteiger partial charge in [0.15, 0.2) is 0 Å². The number of pyridine rings is 1. The van der Waals surface area contributed by atoms with Crippen molar-refractivity contribution in [3.8, 4) is 5.75 Å². The van der Waals surface area contributed by atoms with Crippen molar-refractivity contribution in [1.82, 2.24) is 14.8 Å². The highest BCUT2D eigenvalue weighted by molar-refractivity contribution is 5.99. The van der Waals surface area contributed by atoms with Crippen LogP contribution < -0.4 is 10.1 Å². The molecule has 0 unspecified atom stereocenters. The third-order valence-corrected chi connectivity index (χ3v) is 7.41. The molecule has 8 heteroatoms. The molecule has 1 aromatic carbocycles. The van der Waals surface area contributed by atoms with Crippen LogP contribution in [0, 0.1) is 11.8 Å². The number of anilines is 1. The number of nitrogens with zero attached hydrogens (tertiary/aromatic N) is 3. The molecule has 36 heavy (non-hydrogen) atoms. The molecule has 1 aliphatic carbocycles. The lowest BCUT2D eigenvalue weighted by atomic mass is 9.85. The highest BCUT2D eigenvalue weighted by Gasteiger charge is 2.29. The van der Waals surface area contributed by atoms with Gasteiger partial charge in [0.1, 0.15) is 12.4 Å². The summed E-state index contributed by atoms with van der Waals surface area (Å²) < 4.78 is 12.1. The fourth-order valence-corrected chi connectivity index (χ4v) is 4.76. The molecule has 1 saturated carbocycles. The summed E-state index contributed by atoms with van der Waals surface area (Å²) in [5.41, 5.74) is 2.12. The molecular formula is C28H38N4O4. The molecule has 0 saturated heterocycles. The first kappa shape index (κ1) is 26.1. The van der Waals surface area contributed by atoms with Gasteiger partial charge in [-0.2, -0.15) is 0 Å². The van der Waals surface area contributed by atoms with Crippen LogP contribution in [0.4, 0.5) is 5.69 Å². The van der Waals surface area contributed by atoms with Crippen molar-refractivity contribution in [3.05, 3.63) is 53.9 Å². The molecule has 2 aliphatic rings. The summed E-state index contributed by atoms with van der Waals surface area (Å²) >= 11 is 0. The quantitative estimate of drug-likeness (QED) is 0.680. The number of carbonyl (C=O) groups is 2. The second-order valence-corrected chi connectivity index (χ2v) is 10.2. The topological polar surface area (TPSA) is 84.0 Å². The van der Waals surface area contributed by atoms with Crippen LogP contribution >= 0.6 is 0 Å². The van der Waals surface area contributed by atoms with Gasteiger partial charge >= 0.3 is 0 Å². The SMILES string of the molecule is CO[C@H]1CN(C)C(=O)c2ccc(NC(=O)C3CCC3)cc2OC[C@@H](C)N(Cc2ccccn2)C[C@@H]1C.